The third-order valence-corrected chi connectivity index (χ3v) is 3.10. The number of hydrogen-bond donors (Lipinski definition) is 2. The number of carbonyl (C=O) groups excluding carboxylic acids is 1. The number of carbonyl (C=O) groups is 2. The summed E-state index contributed by atoms with van der Waals surface area (Å²) in [7, 11) is 0. The van der Waals surface area contributed by atoms with Crippen LogP contribution in [0.4, 0.5) is 4.79 Å². The number of rotatable bonds is 4. The second-order valence-corrected chi connectivity index (χ2v) is 6.07. The third-order valence-electron chi connectivity index (χ3n) is 2.36. The minimum Gasteiger partial charge on any atom is -0.479 e. The van der Waals surface area contributed by atoms with Gasteiger partial charge in [-0.2, -0.15) is 0 Å². The predicted molar refractivity (Wildman–Crippen MR) is 78.0 cm³/mol. The number of amides is 1. The first-order chi connectivity index (χ1) is 9.23. The normalized spacial score (nSPS) is 12.6. The zero-order valence-corrected chi connectivity index (χ0v) is 12.8. The maximum Gasteiger partial charge on any atom is 0.408 e. The molecule has 0 heterocycles. The molecule has 0 saturated carbocycles. The molecular weight excluding hydrogens is 278 g/mol. The second kappa shape index (κ2) is 6.65. The van der Waals surface area contributed by atoms with Crippen molar-refractivity contribution >= 4 is 23.8 Å². The summed E-state index contributed by atoms with van der Waals surface area (Å²) < 4.78 is 5.07. The Bertz CT molecular complexity index is 479. The van der Waals surface area contributed by atoms with Crippen molar-refractivity contribution in [1.82, 2.24) is 5.32 Å². The van der Waals surface area contributed by atoms with E-state index in [0.717, 1.165) is 4.90 Å². The molecule has 1 amide bonds. The van der Waals surface area contributed by atoms with Crippen molar-refractivity contribution < 1.29 is 19.4 Å². The van der Waals surface area contributed by atoms with Gasteiger partial charge in [-0.15, -0.1) is 11.8 Å². The van der Waals surface area contributed by atoms with E-state index in [1.807, 2.05) is 18.4 Å². The van der Waals surface area contributed by atoms with E-state index in [4.69, 9.17) is 4.74 Å². The molecule has 0 aliphatic rings. The van der Waals surface area contributed by atoms with Gasteiger partial charge in [-0.1, -0.05) is 12.1 Å². The molecule has 0 aliphatic carbocycles. The number of alkyl carbamates (subject to hydrolysis) is 1. The molecule has 0 bridgehead atoms. The van der Waals surface area contributed by atoms with E-state index in [0.29, 0.717) is 5.56 Å². The molecule has 0 unspecified atom stereocenters. The zero-order valence-electron chi connectivity index (χ0n) is 12.0. The first-order valence-corrected chi connectivity index (χ1v) is 7.31. The molecule has 6 heteroatoms. The average Bonchev–Trinajstić information content (AvgIpc) is 2.34. The summed E-state index contributed by atoms with van der Waals surface area (Å²) in [5.41, 5.74) is -0.170. The standard InChI is InChI=1S/C14H19NO4S/c1-14(2,3)19-13(18)15-11(12(16)17)9-5-7-10(20-4)8-6-9/h5-8,11H,1-4H3,(H,15,18)(H,16,17)/t11-/m1/s1. The number of aliphatic carboxylic acids is 1. The average molecular weight is 297 g/mol. The van der Waals surface area contributed by atoms with Crippen LogP contribution in [0.1, 0.15) is 32.4 Å². The van der Waals surface area contributed by atoms with E-state index in [2.05, 4.69) is 5.32 Å². The molecule has 110 valence electrons. The Morgan fingerprint density at radius 3 is 2.20 bits per heavy atom. The summed E-state index contributed by atoms with van der Waals surface area (Å²) in [6.45, 7) is 5.15. The molecular formula is C14H19NO4S. The Kier molecular flexibility index (Phi) is 5.44. The molecule has 1 atom stereocenters. The molecule has 0 saturated heterocycles. The molecule has 0 radical (unpaired) electrons. The van der Waals surface area contributed by atoms with Gasteiger partial charge in [0, 0.05) is 4.90 Å². The van der Waals surface area contributed by atoms with Crippen molar-refractivity contribution in [1.29, 1.82) is 0 Å². The lowest BCUT2D eigenvalue weighted by Gasteiger charge is -2.22. The first-order valence-electron chi connectivity index (χ1n) is 6.09. The number of carboxylic acids is 1. The molecule has 5 nitrogen and oxygen atoms in total. The summed E-state index contributed by atoms with van der Waals surface area (Å²) in [6, 6.07) is 5.87. The van der Waals surface area contributed by atoms with Gasteiger partial charge in [0.05, 0.1) is 0 Å². The number of benzene rings is 1. The lowest BCUT2D eigenvalue weighted by Crippen LogP contribution is -2.38. The highest BCUT2D eigenvalue weighted by Crippen LogP contribution is 2.20. The van der Waals surface area contributed by atoms with Crippen LogP contribution in [-0.2, 0) is 9.53 Å². The maximum absolute atomic E-state index is 11.7. The van der Waals surface area contributed by atoms with E-state index in [9.17, 15) is 14.7 Å². The van der Waals surface area contributed by atoms with Crippen LogP contribution in [0.2, 0.25) is 0 Å². The fourth-order valence-corrected chi connectivity index (χ4v) is 1.92. The monoisotopic (exact) mass is 297 g/mol. The molecule has 0 aliphatic heterocycles. The van der Waals surface area contributed by atoms with E-state index < -0.39 is 23.7 Å². The van der Waals surface area contributed by atoms with Crippen LogP contribution in [0, 0.1) is 0 Å². The van der Waals surface area contributed by atoms with Crippen molar-refractivity contribution in [3.05, 3.63) is 29.8 Å². The summed E-state index contributed by atoms with van der Waals surface area (Å²) in [6.07, 6.45) is 1.18. The molecule has 20 heavy (non-hydrogen) atoms. The van der Waals surface area contributed by atoms with Gasteiger partial charge in [-0.25, -0.2) is 9.59 Å². The number of hydrogen-bond acceptors (Lipinski definition) is 4. The Morgan fingerprint density at radius 2 is 1.80 bits per heavy atom. The molecule has 1 aromatic carbocycles. The van der Waals surface area contributed by atoms with Gasteiger partial charge < -0.3 is 15.2 Å². The summed E-state index contributed by atoms with van der Waals surface area (Å²) in [5, 5.41) is 11.6. The Hall–Kier alpha value is -1.69. The largest absolute Gasteiger partial charge is 0.479 e. The highest BCUT2D eigenvalue weighted by molar-refractivity contribution is 7.98. The lowest BCUT2D eigenvalue weighted by atomic mass is 10.1. The number of carboxylic acid groups (broad SMARTS) is 1. The minimum atomic E-state index is -1.13. The van der Waals surface area contributed by atoms with Gasteiger partial charge in [-0.3, -0.25) is 0 Å². The third kappa shape index (κ3) is 5.13. The molecule has 0 fully saturated rings. The molecule has 0 spiro atoms. The number of nitrogens with one attached hydrogen (secondary N) is 1. The van der Waals surface area contributed by atoms with Gasteiger partial charge in [0.2, 0.25) is 0 Å². The first kappa shape index (κ1) is 16.4. The van der Waals surface area contributed by atoms with Gasteiger partial charge in [-0.05, 0) is 44.7 Å². The Labute approximate surface area is 122 Å². The molecule has 0 aromatic heterocycles. The second-order valence-electron chi connectivity index (χ2n) is 5.19. The van der Waals surface area contributed by atoms with Crippen molar-refractivity contribution in [2.45, 2.75) is 37.3 Å². The Balaban J connectivity index is 2.83. The summed E-state index contributed by atoms with van der Waals surface area (Å²) >= 11 is 1.56. The van der Waals surface area contributed by atoms with Gasteiger partial charge in [0.25, 0.3) is 0 Å². The topological polar surface area (TPSA) is 75.6 Å². The summed E-state index contributed by atoms with van der Waals surface area (Å²) in [5.74, 6) is -1.13. The molecule has 2 N–H and O–H groups in total. The van der Waals surface area contributed by atoms with E-state index in [-0.39, 0.29) is 0 Å². The van der Waals surface area contributed by atoms with Gasteiger partial charge >= 0.3 is 12.1 Å². The van der Waals surface area contributed by atoms with Crippen LogP contribution < -0.4 is 5.32 Å². The van der Waals surface area contributed by atoms with Gasteiger partial charge in [0.15, 0.2) is 6.04 Å². The van der Waals surface area contributed by atoms with Gasteiger partial charge in [0.1, 0.15) is 5.60 Å². The Morgan fingerprint density at radius 1 is 1.25 bits per heavy atom. The lowest BCUT2D eigenvalue weighted by molar-refractivity contribution is -0.139. The highest BCUT2D eigenvalue weighted by Gasteiger charge is 2.25. The van der Waals surface area contributed by atoms with Crippen molar-refractivity contribution in [3.8, 4) is 0 Å². The van der Waals surface area contributed by atoms with Crippen LogP contribution in [0.5, 0.6) is 0 Å². The SMILES string of the molecule is CSc1ccc([C@@H](NC(=O)OC(C)(C)C)C(=O)O)cc1. The van der Waals surface area contributed by atoms with E-state index in [1.54, 1.807) is 44.7 Å². The van der Waals surface area contributed by atoms with E-state index >= 15 is 0 Å². The molecule has 1 aromatic rings. The molecule has 1 rings (SSSR count). The van der Waals surface area contributed by atoms with Crippen LogP contribution in [0.15, 0.2) is 29.2 Å². The summed E-state index contributed by atoms with van der Waals surface area (Å²) in [4.78, 5) is 24.0. The smallest absolute Gasteiger partial charge is 0.408 e. The fraction of sp³-hybridized carbons (Fsp3) is 0.429. The van der Waals surface area contributed by atoms with Crippen LogP contribution in [0.25, 0.3) is 0 Å². The predicted octanol–water partition coefficient (Wildman–Crippen LogP) is 3.06. The highest BCUT2D eigenvalue weighted by atomic mass is 32.2. The van der Waals surface area contributed by atoms with Crippen LogP contribution in [0.3, 0.4) is 0 Å². The van der Waals surface area contributed by atoms with E-state index in [1.165, 1.54) is 0 Å². The van der Waals surface area contributed by atoms with Crippen molar-refractivity contribution in [3.63, 3.8) is 0 Å². The number of thioether (sulfide) groups is 1. The number of ether oxygens (including phenoxy) is 1. The zero-order chi connectivity index (χ0) is 15.3. The quantitative estimate of drug-likeness (QED) is 0.835. The maximum atomic E-state index is 11.7. The fourth-order valence-electron chi connectivity index (χ4n) is 1.51. The van der Waals surface area contributed by atoms with Crippen molar-refractivity contribution in [2.75, 3.05) is 6.26 Å². The van der Waals surface area contributed by atoms with Crippen LogP contribution >= 0.6 is 11.8 Å². The van der Waals surface area contributed by atoms with Crippen LogP contribution in [-0.4, -0.2) is 29.0 Å². The minimum absolute atomic E-state index is 0.501. The van der Waals surface area contributed by atoms with Crippen molar-refractivity contribution in [2.24, 2.45) is 0 Å².